The summed E-state index contributed by atoms with van der Waals surface area (Å²) >= 11 is 5.89. The molecule has 0 spiro atoms. The summed E-state index contributed by atoms with van der Waals surface area (Å²) in [7, 11) is 1.75. The molecule has 1 aromatic rings. The van der Waals surface area contributed by atoms with Crippen LogP contribution < -0.4 is 5.32 Å². The van der Waals surface area contributed by atoms with Gasteiger partial charge < -0.3 is 10.1 Å². The molecule has 3 heteroatoms. The second-order valence-corrected chi connectivity index (χ2v) is 5.52. The summed E-state index contributed by atoms with van der Waals surface area (Å²) in [5, 5.41) is 4.48. The quantitative estimate of drug-likeness (QED) is 0.842. The van der Waals surface area contributed by atoms with Gasteiger partial charge in [-0.05, 0) is 43.9 Å². The molecule has 0 heterocycles. The number of halogens is 1. The van der Waals surface area contributed by atoms with E-state index in [1.54, 1.807) is 7.11 Å². The lowest BCUT2D eigenvalue weighted by Gasteiger charge is -2.22. The van der Waals surface area contributed by atoms with Gasteiger partial charge in [0.15, 0.2) is 0 Å². The second-order valence-electron chi connectivity index (χ2n) is 5.08. The maximum atomic E-state index is 5.89. The minimum atomic E-state index is 0.297. The van der Waals surface area contributed by atoms with Crippen molar-refractivity contribution in [2.24, 2.45) is 0 Å². The molecule has 94 valence electrons. The largest absolute Gasteiger partial charge is 0.383 e. The molecule has 0 amide bonds. The molecule has 0 saturated heterocycles. The Bertz CT molecular complexity index is 359. The summed E-state index contributed by atoms with van der Waals surface area (Å²) in [6.45, 7) is 2.94. The van der Waals surface area contributed by atoms with Crippen molar-refractivity contribution in [3.8, 4) is 0 Å². The first-order valence-electron chi connectivity index (χ1n) is 6.15. The average Bonchev–Trinajstić information content (AvgIpc) is 3.02. The number of rotatable bonds is 6. The van der Waals surface area contributed by atoms with E-state index in [0.29, 0.717) is 11.6 Å². The first-order valence-corrected chi connectivity index (χ1v) is 6.52. The molecular weight excluding hydrogens is 234 g/mol. The minimum absolute atomic E-state index is 0.297. The fraction of sp³-hybridized carbons (Fsp3) is 0.571. The first-order chi connectivity index (χ1) is 8.13. The van der Waals surface area contributed by atoms with Crippen LogP contribution in [-0.2, 0) is 11.2 Å². The molecule has 1 fully saturated rings. The van der Waals surface area contributed by atoms with E-state index >= 15 is 0 Å². The molecule has 1 aliphatic carbocycles. The van der Waals surface area contributed by atoms with E-state index in [0.717, 1.165) is 18.1 Å². The Labute approximate surface area is 108 Å². The molecule has 2 rings (SSSR count). The van der Waals surface area contributed by atoms with E-state index in [9.17, 15) is 0 Å². The van der Waals surface area contributed by atoms with Crippen LogP contribution in [0.2, 0.25) is 5.02 Å². The second kappa shape index (κ2) is 5.38. The van der Waals surface area contributed by atoms with Gasteiger partial charge in [-0.25, -0.2) is 0 Å². The van der Waals surface area contributed by atoms with Crippen molar-refractivity contribution in [1.82, 2.24) is 5.32 Å². The van der Waals surface area contributed by atoms with Crippen molar-refractivity contribution in [3.63, 3.8) is 0 Å². The zero-order valence-corrected chi connectivity index (χ0v) is 11.3. The summed E-state index contributed by atoms with van der Waals surface area (Å²) in [5.74, 6) is 0. The average molecular weight is 254 g/mol. The van der Waals surface area contributed by atoms with Crippen molar-refractivity contribution < 1.29 is 4.74 Å². The summed E-state index contributed by atoms with van der Waals surface area (Å²) in [4.78, 5) is 0. The van der Waals surface area contributed by atoms with Gasteiger partial charge in [0.2, 0.25) is 0 Å². The van der Waals surface area contributed by atoms with Crippen LogP contribution in [0.3, 0.4) is 0 Å². The van der Waals surface area contributed by atoms with Crippen LogP contribution in [-0.4, -0.2) is 25.3 Å². The minimum Gasteiger partial charge on any atom is -0.383 e. The van der Waals surface area contributed by atoms with Gasteiger partial charge in [0.1, 0.15) is 0 Å². The highest BCUT2D eigenvalue weighted by molar-refractivity contribution is 6.30. The lowest BCUT2D eigenvalue weighted by molar-refractivity contribution is 0.164. The smallest absolute Gasteiger partial charge is 0.0613 e. The number of methoxy groups -OCH3 is 1. The number of hydrogen-bond acceptors (Lipinski definition) is 2. The van der Waals surface area contributed by atoms with E-state index in [4.69, 9.17) is 16.3 Å². The number of ether oxygens (including phenoxy) is 1. The predicted molar refractivity (Wildman–Crippen MR) is 71.6 cm³/mol. The van der Waals surface area contributed by atoms with Crippen LogP contribution in [0.15, 0.2) is 24.3 Å². The van der Waals surface area contributed by atoms with Gasteiger partial charge in [0, 0.05) is 23.7 Å². The lowest BCUT2D eigenvalue weighted by Crippen LogP contribution is -2.42. The molecule has 0 unspecified atom stereocenters. The molecule has 1 atom stereocenters. The van der Waals surface area contributed by atoms with Crippen LogP contribution in [0, 0.1) is 0 Å². The molecule has 0 radical (unpaired) electrons. The molecule has 0 aliphatic heterocycles. The van der Waals surface area contributed by atoms with Gasteiger partial charge in [-0.2, -0.15) is 0 Å². The van der Waals surface area contributed by atoms with Crippen LogP contribution in [0.5, 0.6) is 0 Å². The summed E-state index contributed by atoms with van der Waals surface area (Å²) in [5.41, 5.74) is 1.65. The van der Waals surface area contributed by atoms with Gasteiger partial charge in [-0.15, -0.1) is 0 Å². The Morgan fingerprint density at radius 3 is 2.53 bits per heavy atom. The van der Waals surface area contributed by atoms with Gasteiger partial charge in [-0.1, -0.05) is 23.7 Å². The Balaban J connectivity index is 1.91. The first kappa shape index (κ1) is 12.9. The topological polar surface area (TPSA) is 21.3 Å². The van der Waals surface area contributed by atoms with Gasteiger partial charge in [-0.3, -0.25) is 0 Å². The van der Waals surface area contributed by atoms with Crippen molar-refractivity contribution in [1.29, 1.82) is 0 Å². The molecule has 1 saturated carbocycles. The van der Waals surface area contributed by atoms with Crippen molar-refractivity contribution >= 4 is 11.6 Å². The maximum absolute atomic E-state index is 5.89. The third kappa shape index (κ3) is 3.70. The summed E-state index contributed by atoms with van der Waals surface area (Å²) in [6, 6.07) is 8.57. The molecule has 1 aliphatic rings. The Morgan fingerprint density at radius 2 is 2.00 bits per heavy atom. The number of nitrogens with one attached hydrogen (secondary N) is 1. The van der Waals surface area contributed by atoms with Crippen LogP contribution in [0.1, 0.15) is 25.3 Å². The molecule has 2 nitrogen and oxygen atoms in total. The SMILES string of the molecule is COC[C@H](C)NC1(Cc2ccc(Cl)cc2)CC1. The lowest BCUT2D eigenvalue weighted by atomic mass is 10.0. The molecule has 1 N–H and O–H groups in total. The van der Waals surface area contributed by atoms with E-state index in [1.807, 2.05) is 12.1 Å². The normalized spacial score (nSPS) is 19.0. The maximum Gasteiger partial charge on any atom is 0.0613 e. The van der Waals surface area contributed by atoms with Gasteiger partial charge in [0.05, 0.1) is 6.61 Å². The molecule has 0 aromatic heterocycles. The highest BCUT2D eigenvalue weighted by Crippen LogP contribution is 2.39. The van der Waals surface area contributed by atoms with Crippen molar-refractivity contribution in [2.45, 2.75) is 37.8 Å². The zero-order chi connectivity index (χ0) is 12.3. The van der Waals surface area contributed by atoms with Gasteiger partial charge in [0.25, 0.3) is 0 Å². The third-order valence-electron chi connectivity index (χ3n) is 3.28. The van der Waals surface area contributed by atoms with Crippen LogP contribution in [0.4, 0.5) is 0 Å². The summed E-state index contributed by atoms with van der Waals surface area (Å²) in [6.07, 6.45) is 3.59. The monoisotopic (exact) mass is 253 g/mol. The summed E-state index contributed by atoms with van der Waals surface area (Å²) < 4.78 is 5.16. The molecule has 0 bridgehead atoms. The fourth-order valence-corrected chi connectivity index (χ4v) is 2.46. The van der Waals surface area contributed by atoms with E-state index < -0.39 is 0 Å². The van der Waals surface area contributed by atoms with Crippen molar-refractivity contribution in [3.05, 3.63) is 34.9 Å². The van der Waals surface area contributed by atoms with Crippen LogP contribution in [0.25, 0.3) is 0 Å². The van der Waals surface area contributed by atoms with E-state index in [2.05, 4.69) is 24.4 Å². The third-order valence-corrected chi connectivity index (χ3v) is 3.53. The van der Waals surface area contributed by atoms with Gasteiger partial charge >= 0.3 is 0 Å². The zero-order valence-electron chi connectivity index (χ0n) is 10.5. The highest BCUT2D eigenvalue weighted by Gasteiger charge is 2.42. The fourth-order valence-electron chi connectivity index (χ4n) is 2.33. The van der Waals surface area contributed by atoms with Crippen LogP contribution >= 0.6 is 11.6 Å². The predicted octanol–water partition coefficient (Wildman–Crippen LogP) is 3.04. The Kier molecular flexibility index (Phi) is 4.08. The Hall–Kier alpha value is -0.570. The molecular formula is C14H20ClNO. The Morgan fingerprint density at radius 1 is 1.35 bits per heavy atom. The number of benzene rings is 1. The van der Waals surface area contributed by atoms with E-state index in [1.165, 1.54) is 18.4 Å². The standard InChI is InChI=1S/C14H20ClNO/c1-11(10-17-2)16-14(7-8-14)9-12-3-5-13(15)6-4-12/h3-6,11,16H,7-10H2,1-2H3/t11-/m0/s1. The molecule has 17 heavy (non-hydrogen) atoms. The molecule has 1 aromatic carbocycles. The van der Waals surface area contributed by atoms with Crippen molar-refractivity contribution in [2.75, 3.05) is 13.7 Å². The van der Waals surface area contributed by atoms with E-state index in [-0.39, 0.29) is 0 Å². The number of hydrogen-bond donors (Lipinski definition) is 1. The highest BCUT2D eigenvalue weighted by atomic mass is 35.5.